The van der Waals surface area contributed by atoms with Crippen molar-refractivity contribution in [1.82, 2.24) is 15.2 Å². The highest BCUT2D eigenvalue weighted by Gasteiger charge is 2.30. The predicted octanol–water partition coefficient (Wildman–Crippen LogP) is 4.55. The molecule has 0 spiro atoms. The van der Waals surface area contributed by atoms with Gasteiger partial charge in [-0.15, -0.1) is 5.10 Å². The van der Waals surface area contributed by atoms with Gasteiger partial charge in [0.25, 0.3) is 0 Å². The summed E-state index contributed by atoms with van der Waals surface area (Å²) in [5.41, 5.74) is 1.75. The molecule has 3 aromatic rings. The number of benzene rings is 2. The summed E-state index contributed by atoms with van der Waals surface area (Å²) in [6, 6.07) is 12.9. The third-order valence-electron chi connectivity index (χ3n) is 3.59. The maximum absolute atomic E-state index is 12.8. The zero-order valence-electron chi connectivity index (χ0n) is 13.9. The fourth-order valence-electron chi connectivity index (χ4n) is 2.25. The van der Waals surface area contributed by atoms with E-state index in [9.17, 15) is 13.2 Å². The maximum atomic E-state index is 12.8. The summed E-state index contributed by atoms with van der Waals surface area (Å²) in [4.78, 5) is 4.22. The van der Waals surface area contributed by atoms with E-state index in [1.54, 1.807) is 0 Å². The number of aryl methyl sites for hydroxylation is 1. The number of hydrogen-bond donors (Lipinski definition) is 2. The van der Waals surface area contributed by atoms with Crippen LogP contribution in [0.3, 0.4) is 0 Å². The Bertz CT molecular complexity index is 878. The molecule has 26 heavy (non-hydrogen) atoms. The standard InChI is InChI=1S/C18H16F3N5/c1-12-5-7-13(8-6-12)10-22-17-25-16(11-23-26-17)24-15-4-2-3-14(9-15)18(19,20)21/h2-9,11H,10H2,1H3,(H2,22,24,25,26). The highest BCUT2D eigenvalue weighted by molar-refractivity contribution is 5.57. The smallest absolute Gasteiger partial charge is 0.349 e. The van der Waals surface area contributed by atoms with Crippen molar-refractivity contribution in [2.45, 2.75) is 19.6 Å². The van der Waals surface area contributed by atoms with Crippen LogP contribution < -0.4 is 10.6 Å². The Morgan fingerprint density at radius 2 is 1.81 bits per heavy atom. The molecule has 5 nitrogen and oxygen atoms in total. The van der Waals surface area contributed by atoms with E-state index < -0.39 is 11.7 Å². The Hall–Kier alpha value is -3.16. The Kier molecular flexibility index (Phi) is 5.01. The number of halogens is 3. The van der Waals surface area contributed by atoms with E-state index in [4.69, 9.17) is 0 Å². The molecule has 2 aromatic carbocycles. The van der Waals surface area contributed by atoms with Gasteiger partial charge in [-0.3, -0.25) is 0 Å². The molecule has 0 atom stereocenters. The summed E-state index contributed by atoms with van der Waals surface area (Å²) in [6.07, 6.45) is -3.06. The van der Waals surface area contributed by atoms with E-state index in [2.05, 4.69) is 25.8 Å². The van der Waals surface area contributed by atoms with E-state index in [-0.39, 0.29) is 11.6 Å². The van der Waals surface area contributed by atoms with Crippen LogP contribution in [0, 0.1) is 6.92 Å². The van der Waals surface area contributed by atoms with Gasteiger partial charge in [-0.2, -0.15) is 23.3 Å². The Labute approximate surface area is 148 Å². The first-order valence-corrected chi connectivity index (χ1v) is 7.83. The molecule has 2 N–H and O–H groups in total. The molecule has 0 bridgehead atoms. The molecule has 0 radical (unpaired) electrons. The number of hydrogen-bond acceptors (Lipinski definition) is 5. The van der Waals surface area contributed by atoms with Crippen LogP contribution in [0.4, 0.5) is 30.6 Å². The Morgan fingerprint density at radius 3 is 2.54 bits per heavy atom. The van der Waals surface area contributed by atoms with Crippen LogP contribution in [0.25, 0.3) is 0 Å². The molecule has 0 aliphatic carbocycles. The summed E-state index contributed by atoms with van der Waals surface area (Å²) >= 11 is 0. The van der Waals surface area contributed by atoms with Crippen LogP contribution in [0.5, 0.6) is 0 Å². The van der Waals surface area contributed by atoms with Gasteiger partial charge >= 0.3 is 6.18 Å². The maximum Gasteiger partial charge on any atom is 0.416 e. The number of aromatic nitrogens is 3. The Balaban J connectivity index is 1.68. The molecule has 1 heterocycles. The second-order valence-electron chi connectivity index (χ2n) is 5.71. The largest absolute Gasteiger partial charge is 0.416 e. The SMILES string of the molecule is Cc1ccc(CNc2nncc(Nc3cccc(C(F)(F)F)c3)n2)cc1. The van der Waals surface area contributed by atoms with Gasteiger partial charge in [0.1, 0.15) is 0 Å². The van der Waals surface area contributed by atoms with Gasteiger partial charge in [0, 0.05) is 12.2 Å². The summed E-state index contributed by atoms with van der Waals surface area (Å²) in [5.74, 6) is 0.577. The molecular weight excluding hydrogens is 343 g/mol. The summed E-state index contributed by atoms with van der Waals surface area (Å²) < 4.78 is 38.3. The van der Waals surface area contributed by atoms with Crippen LogP contribution in [0.2, 0.25) is 0 Å². The molecule has 0 aliphatic heterocycles. The topological polar surface area (TPSA) is 62.7 Å². The monoisotopic (exact) mass is 359 g/mol. The first-order chi connectivity index (χ1) is 12.4. The van der Waals surface area contributed by atoms with Crippen molar-refractivity contribution in [2.75, 3.05) is 10.6 Å². The summed E-state index contributed by atoms with van der Waals surface area (Å²) in [5, 5.41) is 13.5. The number of nitrogens with zero attached hydrogens (tertiary/aromatic N) is 3. The van der Waals surface area contributed by atoms with Crippen molar-refractivity contribution >= 4 is 17.5 Å². The van der Waals surface area contributed by atoms with Crippen molar-refractivity contribution in [1.29, 1.82) is 0 Å². The van der Waals surface area contributed by atoms with Gasteiger partial charge in [-0.05, 0) is 30.7 Å². The van der Waals surface area contributed by atoms with Crippen molar-refractivity contribution in [2.24, 2.45) is 0 Å². The van der Waals surface area contributed by atoms with Gasteiger partial charge in [-0.1, -0.05) is 35.9 Å². The average molecular weight is 359 g/mol. The fraction of sp³-hybridized carbons (Fsp3) is 0.167. The minimum absolute atomic E-state index is 0.268. The van der Waals surface area contributed by atoms with Crippen LogP contribution in [-0.4, -0.2) is 15.2 Å². The molecule has 0 unspecified atom stereocenters. The summed E-state index contributed by atoms with van der Waals surface area (Å²) in [7, 11) is 0. The normalized spacial score (nSPS) is 11.2. The molecule has 0 amide bonds. The molecule has 0 fully saturated rings. The first kappa shape index (κ1) is 17.7. The number of alkyl halides is 3. The van der Waals surface area contributed by atoms with Crippen molar-refractivity contribution in [3.63, 3.8) is 0 Å². The van der Waals surface area contributed by atoms with Crippen molar-refractivity contribution in [3.8, 4) is 0 Å². The van der Waals surface area contributed by atoms with Crippen molar-refractivity contribution < 1.29 is 13.2 Å². The van der Waals surface area contributed by atoms with Crippen molar-refractivity contribution in [3.05, 3.63) is 71.4 Å². The molecule has 0 saturated heterocycles. The average Bonchev–Trinajstić information content (AvgIpc) is 2.61. The molecule has 8 heteroatoms. The van der Waals surface area contributed by atoms with Crippen LogP contribution in [-0.2, 0) is 12.7 Å². The van der Waals surface area contributed by atoms with Gasteiger partial charge in [-0.25, -0.2) is 0 Å². The lowest BCUT2D eigenvalue weighted by molar-refractivity contribution is -0.137. The lowest BCUT2D eigenvalue weighted by Gasteiger charge is -2.10. The summed E-state index contributed by atoms with van der Waals surface area (Å²) in [6.45, 7) is 2.52. The number of rotatable bonds is 5. The van der Waals surface area contributed by atoms with E-state index in [0.29, 0.717) is 12.4 Å². The van der Waals surface area contributed by atoms with E-state index in [0.717, 1.165) is 17.7 Å². The third-order valence-corrected chi connectivity index (χ3v) is 3.59. The molecular formula is C18H16F3N5. The van der Waals surface area contributed by atoms with E-state index >= 15 is 0 Å². The first-order valence-electron chi connectivity index (χ1n) is 7.83. The van der Waals surface area contributed by atoms with E-state index in [1.165, 1.54) is 23.9 Å². The van der Waals surface area contributed by atoms with Crippen LogP contribution in [0.15, 0.2) is 54.7 Å². The predicted molar refractivity (Wildman–Crippen MR) is 93.1 cm³/mol. The third kappa shape index (κ3) is 4.69. The van der Waals surface area contributed by atoms with Crippen LogP contribution >= 0.6 is 0 Å². The Morgan fingerprint density at radius 1 is 1.04 bits per heavy atom. The van der Waals surface area contributed by atoms with Gasteiger partial charge < -0.3 is 10.6 Å². The molecule has 1 aromatic heterocycles. The second-order valence-corrected chi connectivity index (χ2v) is 5.71. The molecule has 0 aliphatic rings. The van der Waals surface area contributed by atoms with Gasteiger partial charge in [0.15, 0.2) is 5.82 Å². The lowest BCUT2D eigenvalue weighted by atomic mass is 10.1. The fourth-order valence-corrected chi connectivity index (χ4v) is 2.25. The molecule has 0 saturated carbocycles. The van der Waals surface area contributed by atoms with Gasteiger partial charge in [0.05, 0.1) is 11.8 Å². The van der Waals surface area contributed by atoms with Crippen LogP contribution in [0.1, 0.15) is 16.7 Å². The quantitative estimate of drug-likeness (QED) is 0.699. The van der Waals surface area contributed by atoms with Gasteiger partial charge in [0.2, 0.25) is 5.95 Å². The highest BCUT2D eigenvalue weighted by Crippen LogP contribution is 2.31. The zero-order valence-corrected chi connectivity index (χ0v) is 13.9. The second kappa shape index (κ2) is 7.38. The minimum atomic E-state index is -4.40. The lowest BCUT2D eigenvalue weighted by Crippen LogP contribution is -2.07. The number of nitrogens with one attached hydrogen (secondary N) is 2. The number of anilines is 3. The molecule has 3 rings (SSSR count). The molecule has 134 valence electrons. The minimum Gasteiger partial charge on any atom is -0.349 e. The highest BCUT2D eigenvalue weighted by atomic mass is 19.4. The van der Waals surface area contributed by atoms with E-state index in [1.807, 2.05) is 31.2 Å². The zero-order chi connectivity index (χ0) is 18.6.